The lowest BCUT2D eigenvalue weighted by Crippen LogP contribution is -2.23. The number of anilines is 1. The van der Waals surface area contributed by atoms with E-state index in [0.29, 0.717) is 11.0 Å². The van der Waals surface area contributed by atoms with Crippen LogP contribution in [0.2, 0.25) is 0 Å². The van der Waals surface area contributed by atoms with Gasteiger partial charge in [-0.1, -0.05) is 13.3 Å². The second-order valence-electron chi connectivity index (χ2n) is 6.39. The normalized spacial score (nSPS) is 16.4. The van der Waals surface area contributed by atoms with Crippen LogP contribution in [0.1, 0.15) is 40.7 Å². The second kappa shape index (κ2) is 6.49. The molecule has 4 rings (SSSR count). The van der Waals surface area contributed by atoms with E-state index in [-0.39, 0.29) is 22.5 Å². The lowest BCUT2D eigenvalue weighted by Gasteiger charge is -2.18. The van der Waals surface area contributed by atoms with Crippen molar-refractivity contribution < 1.29 is 4.79 Å². The number of rotatable bonds is 3. The van der Waals surface area contributed by atoms with Crippen molar-refractivity contribution in [1.29, 1.82) is 0 Å². The Morgan fingerprint density at radius 1 is 1.38 bits per heavy atom. The van der Waals surface area contributed by atoms with E-state index in [1.54, 1.807) is 0 Å². The lowest BCUT2D eigenvalue weighted by molar-refractivity contribution is 0.102. The summed E-state index contributed by atoms with van der Waals surface area (Å²) in [7, 11) is 0. The largest absolute Gasteiger partial charge is 0.327 e. The molecule has 0 aliphatic heterocycles. The smallest absolute Gasteiger partial charge is 0.298 e. The van der Waals surface area contributed by atoms with Crippen LogP contribution in [0.3, 0.4) is 0 Å². The van der Waals surface area contributed by atoms with Gasteiger partial charge in [-0.05, 0) is 31.2 Å². The number of H-pyrrole nitrogens is 2. The zero-order valence-corrected chi connectivity index (χ0v) is 14.9. The van der Waals surface area contributed by atoms with Crippen LogP contribution in [-0.2, 0) is 12.8 Å². The minimum atomic E-state index is -0.633. The van der Waals surface area contributed by atoms with Crippen molar-refractivity contribution in [3.8, 4) is 0 Å². The van der Waals surface area contributed by atoms with Gasteiger partial charge in [-0.3, -0.25) is 24.9 Å². The molecule has 0 spiro atoms. The molecule has 3 heterocycles. The van der Waals surface area contributed by atoms with Crippen molar-refractivity contribution in [1.82, 2.24) is 19.9 Å². The Kier molecular flexibility index (Phi) is 4.15. The number of fused-ring (bicyclic) bond motifs is 2. The molecule has 0 aromatic carbocycles. The van der Waals surface area contributed by atoms with E-state index in [0.717, 1.165) is 31.4 Å². The van der Waals surface area contributed by atoms with E-state index in [1.165, 1.54) is 28.5 Å². The molecule has 1 aliphatic carbocycles. The first-order valence-electron chi connectivity index (χ1n) is 8.45. The number of nitrogens with zero attached hydrogens (tertiary/aromatic N) is 2. The predicted octanol–water partition coefficient (Wildman–Crippen LogP) is 1.84. The van der Waals surface area contributed by atoms with Crippen molar-refractivity contribution in [2.75, 3.05) is 5.32 Å². The summed E-state index contributed by atoms with van der Waals surface area (Å²) >= 11 is 1.51. The van der Waals surface area contributed by atoms with Gasteiger partial charge in [0, 0.05) is 11.1 Å². The number of pyridine rings is 1. The minimum Gasteiger partial charge on any atom is -0.298 e. The van der Waals surface area contributed by atoms with E-state index in [4.69, 9.17) is 0 Å². The molecule has 1 atom stereocenters. The Hall–Kier alpha value is -2.81. The predicted molar refractivity (Wildman–Crippen MR) is 98.9 cm³/mol. The third kappa shape index (κ3) is 3.05. The van der Waals surface area contributed by atoms with Crippen molar-refractivity contribution in [3.63, 3.8) is 0 Å². The topological polar surface area (TPSA) is 121 Å². The molecule has 3 N–H and O–H groups in total. The van der Waals surface area contributed by atoms with Crippen LogP contribution in [0.25, 0.3) is 11.0 Å². The minimum absolute atomic E-state index is 0.144. The molecule has 1 unspecified atom stereocenters. The SMILES string of the molecule is CCC1CCc2nc(NC(=O)c3cnc4[nH]c(=O)[nH]c(=O)c4c3)sc2C1. The van der Waals surface area contributed by atoms with Gasteiger partial charge < -0.3 is 0 Å². The van der Waals surface area contributed by atoms with Crippen molar-refractivity contribution in [3.05, 3.63) is 49.2 Å². The summed E-state index contributed by atoms with van der Waals surface area (Å²) in [6, 6.07) is 1.41. The second-order valence-corrected chi connectivity index (χ2v) is 7.47. The van der Waals surface area contributed by atoms with Crippen LogP contribution in [0, 0.1) is 5.92 Å². The summed E-state index contributed by atoms with van der Waals surface area (Å²) in [5, 5.41) is 3.50. The Bertz CT molecular complexity index is 1110. The number of aromatic nitrogens is 4. The number of hydrogen-bond acceptors (Lipinski definition) is 6. The molecule has 0 bridgehead atoms. The number of thiazole rings is 1. The van der Waals surface area contributed by atoms with Crippen molar-refractivity contribution in [2.24, 2.45) is 5.92 Å². The summed E-state index contributed by atoms with van der Waals surface area (Å²) < 4.78 is 0. The highest BCUT2D eigenvalue weighted by molar-refractivity contribution is 7.15. The third-order valence-corrected chi connectivity index (χ3v) is 5.73. The first-order valence-corrected chi connectivity index (χ1v) is 9.27. The zero-order valence-electron chi connectivity index (χ0n) is 14.1. The van der Waals surface area contributed by atoms with Gasteiger partial charge in [-0.25, -0.2) is 14.8 Å². The highest BCUT2D eigenvalue weighted by Gasteiger charge is 2.22. The summed E-state index contributed by atoms with van der Waals surface area (Å²) in [6.07, 6.45) is 5.57. The first-order chi connectivity index (χ1) is 12.5. The third-order valence-electron chi connectivity index (χ3n) is 4.69. The van der Waals surface area contributed by atoms with Gasteiger partial charge in [0.2, 0.25) is 0 Å². The van der Waals surface area contributed by atoms with Crippen LogP contribution in [-0.4, -0.2) is 25.8 Å². The summed E-state index contributed by atoms with van der Waals surface area (Å²) in [4.78, 5) is 49.9. The number of amides is 1. The number of nitrogens with one attached hydrogen (secondary N) is 3. The molecule has 3 aromatic rings. The Morgan fingerprint density at radius 2 is 2.23 bits per heavy atom. The first kappa shape index (κ1) is 16.6. The van der Waals surface area contributed by atoms with Gasteiger partial charge in [-0.15, -0.1) is 11.3 Å². The van der Waals surface area contributed by atoms with Gasteiger partial charge in [-0.2, -0.15) is 0 Å². The van der Waals surface area contributed by atoms with Crippen molar-refractivity contribution >= 4 is 33.4 Å². The molecule has 134 valence electrons. The average molecular weight is 371 g/mol. The molecule has 0 saturated heterocycles. The quantitative estimate of drug-likeness (QED) is 0.649. The summed E-state index contributed by atoms with van der Waals surface area (Å²) in [5.41, 5.74) is 0.230. The maximum atomic E-state index is 12.5. The Balaban J connectivity index is 1.59. The van der Waals surface area contributed by atoms with Crippen molar-refractivity contribution in [2.45, 2.75) is 32.6 Å². The van der Waals surface area contributed by atoms with E-state index >= 15 is 0 Å². The summed E-state index contributed by atoms with van der Waals surface area (Å²) in [5.74, 6) is 0.299. The molecule has 3 aromatic heterocycles. The average Bonchev–Trinajstić information content (AvgIpc) is 3.02. The highest BCUT2D eigenvalue weighted by atomic mass is 32.1. The molecular weight excluding hydrogens is 354 g/mol. The molecular formula is C17H17N5O3S. The van der Waals surface area contributed by atoms with E-state index in [2.05, 4.69) is 32.2 Å². The molecule has 8 nitrogen and oxygen atoms in total. The van der Waals surface area contributed by atoms with Crippen LogP contribution in [0.15, 0.2) is 21.9 Å². The number of aryl methyl sites for hydroxylation is 1. The Morgan fingerprint density at radius 3 is 3.04 bits per heavy atom. The number of carbonyl (C=O) groups is 1. The number of carbonyl (C=O) groups excluding carboxylic acids is 1. The molecule has 1 aliphatic rings. The molecule has 26 heavy (non-hydrogen) atoms. The van der Waals surface area contributed by atoms with Gasteiger partial charge in [0.25, 0.3) is 11.5 Å². The molecule has 1 amide bonds. The van der Waals surface area contributed by atoms with Crippen LogP contribution in [0.5, 0.6) is 0 Å². The molecule has 0 fully saturated rings. The van der Waals surface area contributed by atoms with Crippen LogP contribution in [0.4, 0.5) is 5.13 Å². The number of hydrogen-bond donors (Lipinski definition) is 3. The van der Waals surface area contributed by atoms with Crippen LogP contribution >= 0.6 is 11.3 Å². The Labute approximate surface area is 151 Å². The van der Waals surface area contributed by atoms with E-state index < -0.39 is 11.2 Å². The van der Waals surface area contributed by atoms with Gasteiger partial charge in [0.1, 0.15) is 5.65 Å². The lowest BCUT2D eigenvalue weighted by atomic mass is 9.89. The number of aromatic amines is 2. The fraction of sp³-hybridized carbons (Fsp3) is 0.353. The molecule has 0 radical (unpaired) electrons. The summed E-state index contributed by atoms with van der Waals surface area (Å²) in [6.45, 7) is 2.20. The maximum Gasteiger partial charge on any atom is 0.327 e. The van der Waals surface area contributed by atoms with E-state index in [1.807, 2.05) is 0 Å². The van der Waals surface area contributed by atoms with Crippen LogP contribution < -0.4 is 16.6 Å². The van der Waals surface area contributed by atoms with Gasteiger partial charge >= 0.3 is 5.69 Å². The maximum absolute atomic E-state index is 12.5. The standard InChI is InChI=1S/C17H17N5O3S/c1-2-8-3-4-11-12(5-8)26-17(19-11)22-14(23)9-6-10-13(18-7-9)20-16(25)21-15(10)24/h6-8H,2-5H2,1H3,(H,19,22,23)(H2,18,20,21,24,25). The van der Waals surface area contributed by atoms with Gasteiger partial charge in [0.15, 0.2) is 5.13 Å². The fourth-order valence-corrected chi connectivity index (χ4v) is 4.30. The highest BCUT2D eigenvalue weighted by Crippen LogP contribution is 2.33. The molecule has 9 heteroatoms. The van der Waals surface area contributed by atoms with Gasteiger partial charge in [0.05, 0.1) is 16.6 Å². The monoisotopic (exact) mass is 371 g/mol. The van der Waals surface area contributed by atoms with E-state index in [9.17, 15) is 14.4 Å². The molecule has 0 saturated carbocycles. The fourth-order valence-electron chi connectivity index (χ4n) is 3.19. The zero-order chi connectivity index (χ0) is 18.3.